The molecule has 1 fully saturated rings. The average Bonchev–Trinajstić information content (AvgIpc) is 2.60. The van der Waals surface area contributed by atoms with Crippen LogP contribution in [0.15, 0.2) is 12.1 Å². The molecule has 26 heavy (non-hydrogen) atoms. The van der Waals surface area contributed by atoms with Crippen LogP contribution in [0, 0.1) is 5.92 Å². The molecule has 0 saturated heterocycles. The van der Waals surface area contributed by atoms with Crippen LogP contribution in [0.3, 0.4) is 0 Å². The maximum Gasteiger partial charge on any atom is 0.255 e. The van der Waals surface area contributed by atoms with Gasteiger partial charge >= 0.3 is 0 Å². The lowest BCUT2D eigenvalue weighted by Crippen LogP contribution is -2.44. The Labute approximate surface area is 164 Å². The van der Waals surface area contributed by atoms with E-state index < -0.39 is 5.91 Å². The van der Waals surface area contributed by atoms with E-state index in [0.717, 1.165) is 25.7 Å². The fourth-order valence-electron chi connectivity index (χ4n) is 3.07. The summed E-state index contributed by atoms with van der Waals surface area (Å²) in [6, 6.07) is 3.07. The zero-order valence-corrected chi connectivity index (χ0v) is 16.2. The van der Waals surface area contributed by atoms with Gasteiger partial charge in [0.2, 0.25) is 0 Å². The summed E-state index contributed by atoms with van der Waals surface area (Å²) in [7, 11) is 1.43. The highest BCUT2D eigenvalue weighted by Gasteiger charge is 2.26. The van der Waals surface area contributed by atoms with Gasteiger partial charge in [0.1, 0.15) is 0 Å². The minimum absolute atomic E-state index is 0. The van der Waals surface area contributed by atoms with Gasteiger partial charge in [-0.1, -0.05) is 24.4 Å². The molecule has 0 bridgehead atoms. The Kier molecular flexibility index (Phi) is 8.98. The Hall–Kier alpha value is -1.70. The molecule has 0 radical (unpaired) electrons. The minimum Gasteiger partial charge on any atom is -0.493 e. The number of methoxy groups -OCH3 is 1. The van der Waals surface area contributed by atoms with Crippen molar-refractivity contribution in [2.75, 3.05) is 20.3 Å². The highest BCUT2D eigenvalue weighted by atomic mass is 35.5. The molecule has 0 heterocycles. The fraction of sp³-hybridized carbons (Fsp3) is 0.529. The smallest absolute Gasteiger partial charge is 0.255 e. The van der Waals surface area contributed by atoms with Crippen molar-refractivity contribution in [2.45, 2.75) is 31.7 Å². The van der Waals surface area contributed by atoms with Crippen LogP contribution in [0.5, 0.6) is 11.5 Å². The van der Waals surface area contributed by atoms with Crippen molar-refractivity contribution in [1.29, 1.82) is 0 Å². The number of primary amides is 1. The Morgan fingerprint density at radius 1 is 1.31 bits per heavy atom. The second-order valence-electron chi connectivity index (χ2n) is 6.10. The lowest BCUT2D eigenvalue weighted by atomic mass is 9.84. The molecular formula is C17H25Cl2N3O4. The Balaban J connectivity index is 0.00000338. The van der Waals surface area contributed by atoms with Gasteiger partial charge in [0.05, 0.1) is 12.1 Å². The minimum atomic E-state index is -0.634. The quantitative estimate of drug-likeness (QED) is 0.639. The topological polar surface area (TPSA) is 117 Å². The van der Waals surface area contributed by atoms with Gasteiger partial charge in [-0.25, -0.2) is 0 Å². The molecule has 0 aromatic heterocycles. The Morgan fingerprint density at radius 2 is 2.00 bits per heavy atom. The monoisotopic (exact) mass is 405 g/mol. The first-order valence-corrected chi connectivity index (χ1v) is 8.63. The first-order chi connectivity index (χ1) is 12.0. The molecule has 1 aromatic carbocycles. The number of amides is 2. The highest BCUT2D eigenvalue weighted by molar-refractivity contribution is 6.32. The molecular weight excluding hydrogens is 381 g/mol. The van der Waals surface area contributed by atoms with Crippen LogP contribution >= 0.6 is 24.0 Å². The summed E-state index contributed by atoms with van der Waals surface area (Å²) < 4.78 is 10.5. The summed E-state index contributed by atoms with van der Waals surface area (Å²) in [6.45, 7) is 0.219. The van der Waals surface area contributed by atoms with Crippen molar-refractivity contribution < 1.29 is 19.1 Å². The summed E-state index contributed by atoms with van der Waals surface area (Å²) in [4.78, 5) is 23.5. The molecule has 2 amide bonds. The first-order valence-electron chi connectivity index (χ1n) is 8.25. The van der Waals surface area contributed by atoms with Crippen LogP contribution in [0.4, 0.5) is 0 Å². The number of rotatable bonds is 7. The van der Waals surface area contributed by atoms with E-state index in [9.17, 15) is 9.59 Å². The average molecular weight is 406 g/mol. The van der Waals surface area contributed by atoms with Crippen molar-refractivity contribution in [3.8, 4) is 11.5 Å². The number of carbonyl (C=O) groups excluding carboxylic acids is 2. The van der Waals surface area contributed by atoms with Gasteiger partial charge in [-0.3, -0.25) is 9.59 Å². The van der Waals surface area contributed by atoms with E-state index >= 15 is 0 Å². The SMILES string of the molecule is COc1cc(C(=O)NC2CCCCC2CN)cc(Cl)c1OCC(N)=O.Cl. The van der Waals surface area contributed by atoms with Gasteiger partial charge in [0.25, 0.3) is 11.8 Å². The molecule has 1 aliphatic carbocycles. The van der Waals surface area contributed by atoms with Crippen molar-refractivity contribution in [2.24, 2.45) is 17.4 Å². The molecule has 146 valence electrons. The van der Waals surface area contributed by atoms with Crippen molar-refractivity contribution in [1.82, 2.24) is 5.32 Å². The van der Waals surface area contributed by atoms with Crippen molar-refractivity contribution in [3.63, 3.8) is 0 Å². The van der Waals surface area contributed by atoms with Crippen LogP contribution in [0.1, 0.15) is 36.0 Å². The molecule has 2 rings (SSSR count). The zero-order chi connectivity index (χ0) is 18.4. The summed E-state index contributed by atoms with van der Waals surface area (Å²) in [5.74, 6) is -0.153. The summed E-state index contributed by atoms with van der Waals surface area (Å²) >= 11 is 6.18. The van der Waals surface area contributed by atoms with Gasteiger partial charge in [-0.05, 0) is 37.4 Å². The van der Waals surface area contributed by atoms with Gasteiger partial charge in [-0.2, -0.15) is 0 Å². The molecule has 2 unspecified atom stereocenters. The first kappa shape index (κ1) is 22.3. The largest absolute Gasteiger partial charge is 0.493 e. The standard InChI is InChI=1S/C17H24ClN3O4.ClH/c1-24-14-7-11(6-12(18)16(14)25-9-15(20)22)17(23)21-13-5-3-2-4-10(13)8-19;/h6-7,10,13H,2-5,8-9,19H2,1H3,(H2,20,22)(H,21,23);1H. The number of hydrogen-bond acceptors (Lipinski definition) is 5. The lowest BCUT2D eigenvalue weighted by Gasteiger charge is -2.31. The van der Waals surface area contributed by atoms with E-state index in [4.69, 9.17) is 32.5 Å². The van der Waals surface area contributed by atoms with Crippen molar-refractivity contribution in [3.05, 3.63) is 22.7 Å². The fourth-order valence-corrected chi connectivity index (χ4v) is 3.33. The van der Waals surface area contributed by atoms with Gasteiger partial charge in [0.15, 0.2) is 18.1 Å². The number of nitrogens with one attached hydrogen (secondary N) is 1. The Morgan fingerprint density at radius 3 is 2.62 bits per heavy atom. The Bertz CT molecular complexity index is 643. The van der Waals surface area contributed by atoms with Gasteiger partial charge in [-0.15, -0.1) is 12.4 Å². The molecule has 0 spiro atoms. The summed E-state index contributed by atoms with van der Waals surface area (Å²) in [5.41, 5.74) is 11.2. The molecule has 1 aliphatic rings. The van der Waals surface area contributed by atoms with Crippen LogP contribution in [0.25, 0.3) is 0 Å². The van der Waals surface area contributed by atoms with Gasteiger partial charge in [0, 0.05) is 11.6 Å². The second kappa shape index (κ2) is 10.4. The predicted molar refractivity (Wildman–Crippen MR) is 102 cm³/mol. The number of nitrogens with two attached hydrogens (primary N) is 2. The number of benzene rings is 1. The van der Waals surface area contributed by atoms with Crippen molar-refractivity contribution >= 4 is 35.8 Å². The third kappa shape index (κ3) is 5.65. The maximum atomic E-state index is 12.6. The van der Waals surface area contributed by atoms with Crippen LogP contribution < -0.4 is 26.3 Å². The number of carbonyl (C=O) groups is 2. The van der Waals surface area contributed by atoms with E-state index in [1.165, 1.54) is 19.2 Å². The van der Waals surface area contributed by atoms with E-state index in [2.05, 4.69) is 5.32 Å². The van der Waals surface area contributed by atoms with Crippen LogP contribution in [0.2, 0.25) is 5.02 Å². The summed E-state index contributed by atoms with van der Waals surface area (Å²) in [6.07, 6.45) is 4.15. The van der Waals surface area contributed by atoms with E-state index in [1.54, 1.807) is 0 Å². The van der Waals surface area contributed by atoms with Crippen LogP contribution in [-0.4, -0.2) is 38.1 Å². The maximum absolute atomic E-state index is 12.6. The molecule has 5 N–H and O–H groups in total. The third-order valence-electron chi connectivity index (χ3n) is 4.38. The normalized spacial score (nSPS) is 19.2. The summed E-state index contributed by atoms with van der Waals surface area (Å²) in [5, 5.41) is 3.21. The number of halogens is 2. The molecule has 1 saturated carbocycles. The van der Waals surface area contributed by atoms with Crippen LogP contribution in [-0.2, 0) is 4.79 Å². The second-order valence-corrected chi connectivity index (χ2v) is 6.51. The zero-order valence-electron chi connectivity index (χ0n) is 14.6. The van der Waals surface area contributed by atoms with Gasteiger partial charge < -0.3 is 26.3 Å². The molecule has 1 aromatic rings. The molecule has 0 aliphatic heterocycles. The van der Waals surface area contributed by atoms with E-state index in [0.29, 0.717) is 12.1 Å². The van der Waals surface area contributed by atoms with E-state index in [1.807, 2.05) is 0 Å². The predicted octanol–water partition coefficient (Wildman–Crippen LogP) is 1.88. The third-order valence-corrected chi connectivity index (χ3v) is 4.66. The number of hydrogen-bond donors (Lipinski definition) is 3. The highest BCUT2D eigenvalue weighted by Crippen LogP contribution is 2.36. The van der Waals surface area contributed by atoms with E-state index in [-0.39, 0.29) is 53.4 Å². The lowest BCUT2D eigenvalue weighted by molar-refractivity contribution is -0.119. The molecule has 9 heteroatoms. The molecule has 7 nitrogen and oxygen atoms in total. The number of ether oxygens (including phenoxy) is 2. The molecule has 2 atom stereocenters.